The Kier molecular flexibility index (Phi) is 5.26. The van der Waals surface area contributed by atoms with E-state index < -0.39 is 5.79 Å². The zero-order valence-electron chi connectivity index (χ0n) is 9.68. The first-order valence-corrected chi connectivity index (χ1v) is 4.70. The summed E-state index contributed by atoms with van der Waals surface area (Å²) in [6.45, 7) is 8.30. The molecule has 1 unspecified atom stereocenters. The summed E-state index contributed by atoms with van der Waals surface area (Å²) < 4.78 is 10.7. The van der Waals surface area contributed by atoms with E-state index in [9.17, 15) is 0 Å². The van der Waals surface area contributed by atoms with Gasteiger partial charge in [0.1, 0.15) is 0 Å². The van der Waals surface area contributed by atoms with Gasteiger partial charge >= 0.3 is 0 Å². The van der Waals surface area contributed by atoms with Crippen molar-refractivity contribution in [3.05, 3.63) is 11.6 Å². The molecule has 0 N–H and O–H groups in total. The van der Waals surface area contributed by atoms with Gasteiger partial charge in [0.2, 0.25) is 0 Å². The van der Waals surface area contributed by atoms with Crippen LogP contribution in [0.1, 0.15) is 34.1 Å². The minimum atomic E-state index is -0.466. The van der Waals surface area contributed by atoms with Crippen molar-refractivity contribution in [3.8, 4) is 0 Å². The number of allylic oxidation sites excluding steroid dienone is 2. The molecule has 0 spiro atoms. The highest BCUT2D eigenvalue weighted by Crippen LogP contribution is 2.25. The van der Waals surface area contributed by atoms with Crippen LogP contribution in [-0.4, -0.2) is 20.0 Å². The van der Waals surface area contributed by atoms with Crippen LogP contribution in [0.3, 0.4) is 0 Å². The minimum Gasteiger partial charge on any atom is -0.353 e. The van der Waals surface area contributed by atoms with E-state index in [1.54, 1.807) is 14.2 Å². The maximum absolute atomic E-state index is 5.33. The molecule has 0 saturated carbocycles. The van der Waals surface area contributed by atoms with E-state index in [0.29, 0.717) is 5.92 Å². The number of ether oxygens (including phenoxy) is 2. The summed E-state index contributed by atoms with van der Waals surface area (Å²) in [5, 5.41) is 0. The molecule has 1 atom stereocenters. The standard InChI is InChI=1S/C11H22O2/c1-9(2)7-8-10(3)11(4,12-5)13-6/h7,10H,8H2,1-6H3. The van der Waals surface area contributed by atoms with Crippen LogP contribution in [-0.2, 0) is 9.47 Å². The van der Waals surface area contributed by atoms with Gasteiger partial charge in [-0.15, -0.1) is 0 Å². The Morgan fingerprint density at radius 1 is 1.31 bits per heavy atom. The Bertz CT molecular complexity index is 165. The molecule has 0 radical (unpaired) electrons. The van der Waals surface area contributed by atoms with E-state index in [2.05, 4.69) is 26.8 Å². The van der Waals surface area contributed by atoms with Gasteiger partial charge < -0.3 is 9.47 Å². The molecule has 0 aromatic carbocycles. The Morgan fingerprint density at radius 3 is 2.08 bits per heavy atom. The van der Waals surface area contributed by atoms with Gasteiger partial charge in [0, 0.05) is 20.1 Å². The average molecular weight is 186 g/mol. The van der Waals surface area contributed by atoms with Gasteiger partial charge in [-0.05, 0) is 27.2 Å². The highest BCUT2D eigenvalue weighted by atomic mass is 16.7. The summed E-state index contributed by atoms with van der Waals surface area (Å²) in [6.07, 6.45) is 3.20. The molecule has 13 heavy (non-hydrogen) atoms. The number of methoxy groups -OCH3 is 2. The second kappa shape index (κ2) is 5.40. The topological polar surface area (TPSA) is 18.5 Å². The summed E-state index contributed by atoms with van der Waals surface area (Å²) in [6, 6.07) is 0. The van der Waals surface area contributed by atoms with Crippen LogP contribution in [0.5, 0.6) is 0 Å². The fourth-order valence-corrected chi connectivity index (χ4v) is 1.11. The van der Waals surface area contributed by atoms with Gasteiger partial charge in [-0.3, -0.25) is 0 Å². The summed E-state index contributed by atoms with van der Waals surface area (Å²) in [5.74, 6) is -0.108. The lowest BCUT2D eigenvalue weighted by atomic mass is 9.97. The van der Waals surface area contributed by atoms with Crippen LogP contribution < -0.4 is 0 Å². The predicted molar refractivity (Wildman–Crippen MR) is 55.6 cm³/mol. The van der Waals surface area contributed by atoms with Crippen molar-refractivity contribution in [3.63, 3.8) is 0 Å². The fourth-order valence-electron chi connectivity index (χ4n) is 1.11. The van der Waals surface area contributed by atoms with Crippen LogP contribution in [0.4, 0.5) is 0 Å². The van der Waals surface area contributed by atoms with Crippen LogP contribution in [0.15, 0.2) is 11.6 Å². The van der Waals surface area contributed by atoms with Crippen molar-refractivity contribution in [2.45, 2.75) is 39.9 Å². The zero-order chi connectivity index (χ0) is 10.5. The third-order valence-corrected chi connectivity index (χ3v) is 2.59. The van der Waals surface area contributed by atoms with Crippen molar-refractivity contribution >= 4 is 0 Å². The number of hydrogen-bond donors (Lipinski definition) is 0. The summed E-state index contributed by atoms with van der Waals surface area (Å²) >= 11 is 0. The smallest absolute Gasteiger partial charge is 0.167 e. The maximum atomic E-state index is 5.33. The molecule has 2 nitrogen and oxygen atoms in total. The molecule has 0 aliphatic carbocycles. The van der Waals surface area contributed by atoms with Crippen LogP contribution in [0.2, 0.25) is 0 Å². The lowest BCUT2D eigenvalue weighted by Gasteiger charge is -2.32. The maximum Gasteiger partial charge on any atom is 0.167 e. The highest BCUT2D eigenvalue weighted by molar-refractivity contribution is 4.95. The molecule has 0 aromatic rings. The summed E-state index contributed by atoms with van der Waals surface area (Å²) in [4.78, 5) is 0. The molecule has 0 aliphatic rings. The van der Waals surface area contributed by atoms with Gasteiger partial charge in [0.05, 0.1) is 0 Å². The minimum absolute atomic E-state index is 0.359. The van der Waals surface area contributed by atoms with E-state index >= 15 is 0 Å². The lowest BCUT2D eigenvalue weighted by Crippen LogP contribution is -2.37. The number of rotatable bonds is 5. The molecule has 2 heteroatoms. The van der Waals surface area contributed by atoms with Gasteiger partial charge in [0.25, 0.3) is 0 Å². The largest absolute Gasteiger partial charge is 0.353 e. The summed E-state index contributed by atoms with van der Waals surface area (Å²) in [7, 11) is 3.37. The average Bonchev–Trinajstić information content (AvgIpc) is 2.12. The Labute approximate surface area is 81.9 Å². The van der Waals surface area contributed by atoms with E-state index in [4.69, 9.17) is 9.47 Å². The van der Waals surface area contributed by atoms with E-state index in [-0.39, 0.29) is 0 Å². The van der Waals surface area contributed by atoms with Gasteiger partial charge in [-0.2, -0.15) is 0 Å². The van der Waals surface area contributed by atoms with Crippen molar-refractivity contribution in [1.82, 2.24) is 0 Å². The molecule has 0 rings (SSSR count). The third kappa shape index (κ3) is 3.92. The third-order valence-electron chi connectivity index (χ3n) is 2.59. The van der Waals surface area contributed by atoms with Crippen LogP contribution in [0.25, 0.3) is 0 Å². The molecule has 0 aromatic heterocycles. The number of hydrogen-bond acceptors (Lipinski definition) is 2. The Balaban J connectivity index is 4.22. The first kappa shape index (κ1) is 12.7. The highest BCUT2D eigenvalue weighted by Gasteiger charge is 2.29. The van der Waals surface area contributed by atoms with E-state index in [1.807, 2.05) is 6.92 Å². The molecule has 0 fully saturated rings. The lowest BCUT2D eigenvalue weighted by molar-refractivity contribution is -0.222. The second-order valence-corrected chi connectivity index (χ2v) is 3.84. The Hall–Kier alpha value is -0.340. The van der Waals surface area contributed by atoms with Gasteiger partial charge in [-0.25, -0.2) is 0 Å². The Morgan fingerprint density at radius 2 is 1.77 bits per heavy atom. The van der Waals surface area contributed by atoms with Crippen molar-refractivity contribution in [1.29, 1.82) is 0 Å². The zero-order valence-corrected chi connectivity index (χ0v) is 9.68. The van der Waals surface area contributed by atoms with Gasteiger partial charge in [0.15, 0.2) is 5.79 Å². The summed E-state index contributed by atoms with van der Waals surface area (Å²) in [5.41, 5.74) is 1.33. The predicted octanol–water partition coefficient (Wildman–Crippen LogP) is 2.99. The van der Waals surface area contributed by atoms with Crippen molar-refractivity contribution in [2.24, 2.45) is 5.92 Å². The van der Waals surface area contributed by atoms with Crippen molar-refractivity contribution < 1.29 is 9.47 Å². The molecule has 0 saturated heterocycles. The molecule has 0 amide bonds. The molecule has 0 aliphatic heterocycles. The normalized spacial score (nSPS) is 14.0. The molecule has 0 bridgehead atoms. The van der Waals surface area contributed by atoms with Crippen molar-refractivity contribution in [2.75, 3.05) is 14.2 Å². The SMILES string of the molecule is COC(C)(OC)C(C)CC=C(C)C. The monoisotopic (exact) mass is 186 g/mol. The van der Waals surface area contributed by atoms with E-state index in [1.165, 1.54) is 5.57 Å². The van der Waals surface area contributed by atoms with Gasteiger partial charge in [-0.1, -0.05) is 18.6 Å². The van der Waals surface area contributed by atoms with Crippen LogP contribution in [0, 0.1) is 5.92 Å². The first-order chi connectivity index (χ1) is 5.96. The molecule has 0 heterocycles. The molecular formula is C11H22O2. The fraction of sp³-hybridized carbons (Fsp3) is 0.818. The molecule has 78 valence electrons. The van der Waals surface area contributed by atoms with E-state index in [0.717, 1.165) is 6.42 Å². The second-order valence-electron chi connectivity index (χ2n) is 3.84. The van der Waals surface area contributed by atoms with Crippen LogP contribution >= 0.6 is 0 Å². The quantitative estimate of drug-likeness (QED) is 0.485. The molecular weight excluding hydrogens is 164 g/mol. The first-order valence-electron chi connectivity index (χ1n) is 4.70.